The molecule has 0 amide bonds. The number of ether oxygens (including phenoxy) is 1. The van der Waals surface area contributed by atoms with Crippen LogP contribution < -0.4 is 11.3 Å². The Bertz CT molecular complexity index is 5960. The minimum absolute atomic E-state index is 0. The number of thiazole rings is 4. The number of aliphatic carboxylic acids is 1. The van der Waals surface area contributed by atoms with Crippen LogP contribution in [-0.4, -0.2) is 107 Å². The molecule has 1 unspecified atom stereocenters. The molecular weight excluding hydrogens is 2700 g/mol. The summed E-state index contributed by atoms with van der Waals surface area (Å²) in [6.45, 7) is 7.88. The summed E-state index contributed by atoms with van der Waals surface area (Å²) in [7, 11) is -1.69. The van der Waals surface area contributed by atoms with Crippen molar-refractivity contribution in [3.8, 4) is 31.7 Å². The van der Waals surface area contributed by atoms with Gasteiger partial charge in [-0.1, -0.05) is 225 Å². The van der Waals surface area contributed by atoms with Gasteiger partial charge in [-0.15, -0.1) is 51.0 Å². The quantitative estimate of drug-likeness (QED) is 0.0350. The van der Waals surface area contributed by atoms with Crippen molar-refractivity contribution in [3.05, 3.63) is 369 Å². The predicted octanol–water partition coefficient (Wildman–Crippen LogP) is 31.6. The molecule has 0 fully saturated rings. The van der Waals surface area contributed by atoms with Gasteiger partial charge in [0, 0.05) is 163 Å². The Balaban J connectivity index is 0.000000319. The van der Waals surface area contributed by atoms with Crippen LogP contribution in [0.4, 0.5) is 9.93 Å². The van der Waals surface area contributed by atoms with Crippen LogP contribution in [-0.2, 0) is 73.8 Å². The number of hydrogen-bond donors (Lipinski definition) is 5. The van der Waals surface area contributed by atoms with Crippen molar-refractivity contribution in [1.82, 2.24) is 39.5 Å². The number of aromatic amines is 1. The molecule has 8 aromatic heterocycles. The van der Waals surface area contributed by atoms with E-state index in [4.69, 9.17) is 122 Å². The molecular formula is C92H82BBr11Cl7CuN9O9S4. The molecule has 0 aliphatic rings. The number of halogens is 18. The number of nitrogen functional groups attached to an aromatic ring is 1. The third-order valence-corrected chi connectivity index (χ3v) is 26.5. The van der Waals surface area contributed by atoms with Gasteiger partial charge in [0.05, 0.1) is 62.0 Å². The van der Waals surface area contributed by atoms with Crippen LogP contribution in [0.3, 0.4) is 0 Å². The van der Waals surface area contributed by atoms with E-state index >= 15 is 0 Å². The standard InChI is InChI=1S/C19H14ClN3S.C15H10BrClN2S.C10H6Br2ClNS.C10H9ClN2S.C9H14BNO4.C9H7Br2ClO.C9H8BrClO.C9H9ClO.C2H4O2.Br2.3BrH.Cu/c20-15-5-3-13(4-6-15)12-17-18(16-2-1-9-22-16)24-19(23-17)14-7-10-21-11-8-14;16-14-13(9-10-1-3-12(17)4-2-10)19-15(20-14)11-5-7-18-8-6-11;11-9-8(14-10(12)15-9)5-6-1-3-7(13)4-2-6;11-8-3-1-7(2-4-8)5-9-6-14-10(12)13-9;1-9(2,3)15-8(12)11-6-4-5-7(11)10(13)14;10-5-8(13)9(11)6-1-3-7(12)4-2-6;10-6-9(12)5-7-1-3-8(11)4-2-7;1-7(11)6-8-2-4-9(10)5-3-8;1-2(3)4;1-2;;;;/h1-11,22H,12H2;1-8H,9H2;1-4H,5H2;1-4,6H,5H2,(H2,12,13);4-6,13-14H,1-3H3;1-4,9H,5H2;1-4H,5-6H2;2-5H,6H2,1H3;1H3,(H,3,4);;3*1H;/q;;;;;;;;;;;;;+2/p-2. The molecule has 15 rings (SSSR count). The van der Waals surface area contributed by atoms with E-state index in [-0.39, 0.29) is 44.8 Å². The van der Waals surface area contributed by atoms with E-state index in [1.165, 1.54) is 62.1 Å². The molecule has 0 aliphatic heterocycles. The number of H-pyrrole nitrogens is 1. The number of nitrogens with zero attached hydrogens (tertiary/aromatic N) is 7. The normalized spacial score (nSPS) is 10.4. The molecule has 1 atom stereocenters. The van der Waals surface area contributed by atoms with Crippen LogP contribution in [0.15, 0.2) is 272 Å². The van der Waals surface area contributed by atoms with Crippen molar-refractivity contribution in [2.45, 2.75) is 83.6 Å². The molecule has 15 aromatic rings. The van der Waals surface area contributed by atoms with Crippen LogP contribution in [0.1, 0.15) is 101 Å². The van der Waals surface area contributed by atoms with Gasteiger partial charge in [0.1, 0.15) is 27.2 Å². The Morgan fingerprint density at radius 2 is 0.903 bits per heavy atom. The predicted molar refractivity (Wildman–Crippen MR) is 596 cm³/mol. The molecule has 8 heterocycles. The Morgan fingerprint density at radius 1 is 0.522 bits per heavy atom. The fraction of sp³-hybridized carbons (Fsp3) is 0.163. The third kappa shape index (κ3) is 48.8. The SMILES string of the molecule is Br.BrBr.CC(=O)Cc1ccc(Cl)cc1.CC(=O)O.CC(C)(C)OC(=O)n1cccc1B(O)O.Clc1ccc(Cc2nc(-c3ccncc3)sc2-c2ccc[nH]2)cc1.Clc1ccc(Cc2nc(-c3ccncc3)sc2Br)cc1.Clc1ccc(Cc2nc(Br)sc2Br)cc1.Nc1nc(Cc2ccc(Cl)cc2)cs1.O=C(CBr)C(Br)c1ccc(Cl)cc1.O=C(CBr)Cc1ccc(Cl)cc1.[Br][Cu][Br]. The molecule has 42 heteroatoms. The third-order valence-electron chi connectivity index (χ3n) is 16.4. The minimum atomic E-state index is -1.69. The summed E-state index contributed by atoms with van der Waals surface area (Å²) in [5.74, 6) is -0.382. The molecule has 18 nitrogen and oxygen atoms in total. The number of benzene rings is 7. The van der Waals surface area contributed by atoms with Gasteiger partial charge in [0.25, 0.3) is 5.97 Å². The molecule has 713 valence electrons. The number of Topliss-reactive ketones (excluding diaryl/α,β-unsaturated/α-hetero) is 3. The first-order chi connectivity index (χ1) is 63.4. The number of carbonyl (C=O) groups excluding carboxylic acids is 4. The molecule has 134 heavy (non-hydrogen) atoms. The molecule has 0 aliphatic carbocycles. The Morgan fingerprint density at radius 3 is 1.27 bits per heavy atom. The maximum absolute atomic E-state index is 11.6. The number of alkyl halides is 3. The van der Waals surface area contributed by atoms with Crippen LogP contribution in [0.2, 0.25) is 35.2 Å². The van der Waals surface area contributed by atoms with Crippen molar-refractivity contribution in [2.75, 3.05) is 16.4 Å². The van der Waals surface area contributed by atoms with E-state index in [1.807, 2.05) is 175 Å². The van der Waals surface area contributed by atoms with Gasteiger partial charge in [-0.2, -0.15) is 0 Å². The number of pyridine rings is 2. The van der Waals surface area contributed by atoms with Gasteiger partial charge in [0.2, 0.25) is 0 Å². The molecule has 6 N–H and O–H groups in total. The number of aromatic nitrogens is 8. The fourth-order valence-corrected chi connectivity index (χ4v) is 18.6. The summed E-state index contributed by atoms with van der Waals surface area (Å²) in [6.07, 6.45) is 14.0. The molecule has 0 bridgehead atoms. The Kier molecular flexibility index (Phi) is 60.9. The second kappa shape index (κ2) is 67.0. The number of ketones is 3. The molecule has 0 spiro atoms. The number of carboxylic acids is 1. The zero-order valence-electron chi connectivity index (χ0n) is 70.9. The first kappa shape index (κ1) is 122. The van der Waals surface area contributed by atoms with Gasteiger partial charge >= 0.3 is 52.8 Å². The monoisotopic (exact) mass is 2770 g/mol. The number of nitrogens with one attached hydrogen (secondary N) is 1. The number of carboxylic acid groups (broad SMARTS) is 1. The van der Waals surface area contributed by atoms with E-state index < -0.39 is 24.8 Å². The molecule has 7 aromatic carbocycles. The summed E-state index contributed by atoms with van der Waals surface area (Å²) >= 11 is 79.8. The van der Waals surface area contributed by atoms with E-state index in [0.29, 0.717) is 43.7 Å². The maximum atomic E-state index is 11.6. The molecule has 0 saturated carbocycles. The Hall–Kier alpha value is -4.52. The fourth-order valence-electron chi connectivity index (χ4n) is 10.6. The zero-order valence-corrected chi connectivity index (χ0v) is 98.0. The van der Waals surface area contributed by atoms with Crippen molar-refractivity contribution in [2.24, 2.45) is 0 Å². The summed E-state index contributed by atoms with van der Waals surface area (Å²) in [5.41, 5.74) is 20.2. The average molecular weight is 2790 g/mol. The number of rotatable bonds is 20. The van der Waals surface area contributed by atoms with E-state index in [2.05, 4.69) is 183 Å². The van der Waals surface area contributed by atoms with Gasteiger partial charge in [-0.05, 0) is 248 Å². The van der Waals surface area contributed by atoms with Gasteiger partial charge in [0.15, 0.2) is 14.8 Å². The number of anilines is 1. The Labute approximate surface area is 926 Å². The first-order valence-electron chi connectivity index (χ1n) is 38.5. The molecule has 0 radical (unpaired) electrons. The first-order valence-corrected chi connectivity index (χ1v) is 58.3. The van der Waals surface area contributed by atoms with Crippen molar-refractivity contribution >= 4 is 343 Å². The van der Waals surface area contributed by atoms with Crippen LogP contribution in [0.5, 0.6) is 0 Å². The van der Waals surface area contributed by atoms with Crippen LogP contribution in [0.25, 0.3) is 31.7 Å². The van der Waals surface area contributed by atoms with Gasteiger partial charge in [-0.25, -0.2) is 24.7 Å². The van der Waals surface area contributed by atoms with Crippen LogP contribution >= 0.6 is 296 Å². The second-order valence-electron chi connectivity index (χ2n) is 27.9. The number of carbonyl (C=O) groups is 5. The second-order valence-corrected chi connectivity index (χ2v) is 45.5. The topological polar surface area (TPSA) is 279 Å². The van der Waals surface area contributed by atoms with Crippen molar-refractivity contribution < 1.29 is 55.2 Å². The van der Waals surface area contributed by atoms with Gasteiger partial charge < -0.3 is 30.6 Å². The average Bonchev–Trinajstić information content (AvgIpc) is 1.66. The number of nitrogens with two attached hydrogens (primary N) is 1. The van der Waals surface area contributed by atoms with E-state index in [1.54, 1.807) is 129 Å². The summed E-state index contributed by atoms with van der Waals surface area (Å²) < 4.78 is 9.18. The van der Waals surface area contributed by atoms with Crippen molar-refractivity contribution in [1.29, 1.82) is 0 Å². The van der Waals surface area contributed by atoms with E-state index in [9.17, 15) is 19.2 Å². The number of hydrogen-bond acceptors (Lipinski definition) is 19. The van der Waals surface area contributed by atoms with Crippen molar-refractivity contribution in [3.63, 3.8) is 0 Å². The summed E-state index contributed by atoms with van der Waals surface area (Å²) in [4.78, 5) is 84.0. The van der Waals surface area contributed by atoms with Crippen LogP contribution in [0, 0.1) is 0 Å². The van der Waals surface area contributed by atoms with Gasteiger partial charge in [-0.3, -0.25) is 33.7 Å². The van der Waals surface area contributed by atoms with E-state index in [0.717, 1.165) is 135 Å². The summed E-state index contributed by atoms with van der Waals surface area (Å²) in [6, 6.07) is 68.2. The molecule has 0 saturated heterocycles. The zero-order chi connectivity index (χ0) is 98.1. The summed E-state index contributed by atoms with van der Waals surface area (Å²) in [5, 5.41) is 35.8.